The van der Waals surface area contributed by atoms with Crippen LogP contribution >= 0.6 is 0 Å². The molecule has 1 fully saturated rings. The number of halogens is 1. The summed E-state index contributed by atoms with van der Waals surface area (Å²) in [4.78, 5) is 0.157. The van der Waals surface area contributed by atoms with Crippen LogP contribution in [0.1, 0.15) is 19.8 Å². The van der Waals surface area contributed by atoms with Gasteiger partial charge in [0.1, 0.15) is 5.82 Å². The zero-order chi connectivity index (χ0) is 14.6. The van der Waals surface area contributed by atoms with E-state index in [0.29, 0.717) is 19.0 Å². The van der Waals surface area contributed by atoms with Gasteiger partial charge in [-0.2, -0.15) is 4.31 Å². The highest BCUT2D eigenvalue weighted by molar-refractivity contribution is 7.89. The lowest BCUT2D eigenvalue weighted by Crippen LogP contribution is -2.40. The molecule has 1 atom stereocenters. The first-order chi connectivity index (χ1) is 9.54. The highest BCUT2D eigenvalue weighted by Gasteiger charge is 2.26. The number of benzene rings is 1. The van der Waals surface area contributed by atoms with E-state index in [4.69, 9.17) is 0 Å². The summed E-state index contributed by atoms with van der Waals surface area (Å²) < 4.78 is 39.5. The van der Waals surface area contributed by atoms with Gasteiger partial charge in [-0.05, 0) is 56.1 Å². The number of piperidine rings is 1. The SMILES string of the molecule is CCN(CC1CCCNC1)S(=O)(=O)c1ccc(F)cc1. The van der Waals surface area contributed by atoms with E-state index in [9.17, 15) is 12.8 Å². The van der Waals surface area contributed by atoms with Gasteiger partial charge in [0.05, 0.1) is 4.90 Å². The van der Waals surface area contributed by atoms with Crippen molar-refractivity contribution in [2.75, 3.05) is 26.2 Å². The largest absolute Gasteiger partial charge is 0.316 e. The number of sulfonamides is 1. The van der Waals surface area contributed by atoms with Crippen molar-refractivity contribution < 1.29 is 12.8 Å². The highest BCUT2D eigenvalue weighted by atomic mass is 32.2. The Balaban J connectivity index is 2.14. The fourth-order valence-corrected chi connectivity index (χ4v) is 4.05. The Morgan fingerprint density at radius 3 is 2.60 bits per heavy atom. The van der Waals surface area contributed by atoms with Gasteiger partial charge in [0, 0.05) is 13.1 Å². The van der Waals surface area contributed by atoms with Crippen LogP contribution in [0.15, 0.2) is 29.2 Å². The lowest BCUT2D eigenvalue weighted by atomic mass is 10.00. The molecule has 0 bridgehead atoms. The molecular formula is C14H21FN2O2S. The van der Waals surface area contributed by atoms with E-state index in [0.717, 1.165) is 25.9 Å². The maximum atomic E-state index is 12.9. The Morgan fingerprint density at radius 1 is 1.35 bits per heavy atom. The minimum Gasteiger partial charge on any atom is -0.316 e. The fourth-order valence-electron chi connectivity index (χ4n) is 2.52. The summed E-state index contributed by atoms with van der Waals surface area (Å²) in [6.45, 7) is 4.64. The fraction of sp³-hybridized carbons (Fsp3) is 0.571. The maximum absolute atomic E-state index is 12.9. The molecule has 112 valence electrons. The van der Waals surface area contributed by atoms with Crippen LogP contribution in [0.3, 0.4) is 0 Å². The molecule has 0 amide bonds. The predicted octanol–water partition coefficient (Wildman–Crippen LogP) is 1.84. The second-order valence-corrected chi connectivity index (χ2v) is 7.06. The second-order valence-electron chi connectivity index (χ2n) is 5.12. The van der Waals surface area contributed by atoms with Crippen molar-refractivity contribution >= 4 is 10.0 Å². The lowest BCUT2D eigenvalue weighted by Gasteiger charge is -2.28. The summed E-state index contributed by atoms with van der Waals surface area (Å²) in [5.74, 6) is -0.0811. The molecule has 1 aliphatic heterocycles. The Labute approximate surface area is 120 Å². The molecule has 0 saturated carbocycles. The van der Waals surface area contributed by atoms with Crippen molar-refractivity contribution in [2.45, 2.75) is 24.7 Å². The van der Waals surface area contributed by atoms with Crippen molar-refractivity contribution in [3.63, 3.8) is 0 Å². The summed E-state index contributed by atoms with van der Waals surface area (Å²) in [5.41, 5.74) is 0. The van der Waals surface area contributed by atoms with E-state index in [1.165, 1.54) is 28.6 Å². The average molecular weight is 300 g/mol. The van der Waals surface area contributed by atoms with E-state index < -0.39 is 15.8 Å². The van der Waals surface area contributed by atoms with Crippen LogP contribution in [-0.2, 0) is 10.0 Å². The third-order valence-corrected chi connectivity index (χ3v) is 5.62. The summed E-state index contributed by atoms with van der Waals surface area (Å²) in [6.07, 6.45) is 2.13. The Bertz CT molecular complexity index is 525. The van der Waals surface area contributed by atoms with Gasteiger partial charge in [0.25, 0.3) is 0 Å². The van der Waals surface area contributed by atoms with Gasteiger partial charge >= 0.3 is 0 Å². The lowest BCUT2D eigenvalue weighted by molar-refractivity contribution is 0.298. The minimum absolute atomic E-state index is 0.157. The topological polar surface area (TPSA) is 49.4 Å². The molecule has 20 heavy (non-hydrogen) atoms. The quantitative estimate of drug-likeness (QED) is 0.902. The van der Waals surface area contributed by atoms with Crippen LogP contribution in [0.2, 0.25) is 0 Å². The Morgan fingerprint density at radius 2 is 2.05 bits per heavy atom. The van der Waals surface area contributed by atoms with Crippen LogP contribution in [0.4, 0.5) is 4.39 Å². The molecule has 1 aromatic carbocycles. The van der Waals surface area contributed by atoms with Crippen LogP contribution < -0.4 is 5.32 Å². The molecule has 1 heterocycles. The first-order valence-electron chi connectivity index (χ1n) is 7.00. The number of nitrogens with zero attached hydrogens (tertiary/aromatic N) is 1. The van der Waals surface area contributed by atoms with Gasteiger partial charge in [-0.1, -0.05) is 6.92 Å². The summed E-state index contributed by atoms with van der Waals surface area (Å²) in [5, 5.41) is 3.29. The second kappa shape index (κ2) is 6.65. The van der Waals surface area contributed by atoms with E-state index in [1.54, 1.807) is 0 Å². The zero-order valence-corrected chi connectivity index (χ0v) is 12.5. The number of hydrogen-bond donors (Lipinski definition) is 1. The monoisotopic (exact) mass is 300 g/mol. The predicted molar refractivity (Wildman–Crippen MR) is 76.4 cm³/mol. The van der Waals surface area contributed by atoms with E-state index in [2.05, 4.69) is 5.32 Å². The molecule has 1 N–H and O–H groups in total. The summed E-state index contributed by atoms with van der Waals surface area (Å²) >= 11 is 0. The third-order valence-electron chi connectivity index (χ3n) is 3.66. The molecular weight excluding hydrogens is 279 g/mol. The molecule has 0 spiro atoms. The normalized spacial score (nSPS) is 20.2. The van der Waals surface area contributed by atoms with Gasteiger partial charge in [-0.15, -0.1) is 0 Å². The van der Waals surface area contributed by atoms with E-state index in [1.807, 2.05) is 6.92 Å². The Kier molecular flexibility index (Phi) is 5.12. The van der Waals surface area contributed by atoms with Crippen LogP contribution in [0.25, 0.3) is 0 Å². The van der Waals surface area contributed by atoms with Crippen molar-refractivity contribution in [1.29, 1.82) is 0 Å². The van der Waals surface area contributed by atoms with Crippen LogP contribution in [0.5, 0.6) is 0 Å². The van der Waals surface area contributed by atoms with E-state index in [-0.39, 0.29) is 4.90 Å². The van der Waals surface area contributed by atoms with Crippen LogP contribution in [-0.4, -0.2) is 38.9 Å². The highest BCUT2D eigenvalue weighted by Crippen LogP contribution is 2.19. The van der Waals surface area contributed by atoms with Gasteiger partial charge in [0.15, 0.2) is 0 Å². The van der Waals surface area contributed by atoms with E-state index >= 15 is 0 Å². The summed E-state index contributed by atoms with van der Waals surface area (Å²) in [6, 6.07) is 5.02. The molecule has 0 radical (unpaired) electrons. The van der Waals surface area contributed by atoms with Crippen molar-refractivity contribution in [1.82, 2.24) is 9.62 Å². The number of nitrogens with one attached hydrogen (secondary N) is 1. The van der Waals surface area contributed by atoms with Crippen molar-refractivity contribution in [3.8, 4) is 0 Å². The zero-order valence-electron chi connectivity index (χ0n) is 11.7. The molecule has 2 rings (SSSR count). The van der Waals surface area contributed by atoms with Crippen molar-refractivity contribution in [2.24, 2.45) is 5.92 Å². The van der Waals surface area contributed by atoms with Gasteiger partial charge < -0.3 is 5.32 Å². The first kappa shape index (κ1) is 15.4. The average Bonchev–Trinajstić information content (AvgIpc) is 2.46. The number of hydrogen-bond acceptors (Lipinski definition) is 3. The summed E-state index contributed by atoms with van der Waals surface area (Å²) in [7, 11) is -3.53. The molecule has 1 aromatic rings. The van der Waals surface area contributed by atoms with Gasteiger partial charge in [0.2, 0.25) is 10.0 Å². The molecule has 1 saturated heterocycles. The third kappa shape index (κ3) is 3.56. The van der Waals surface area contributed by atoms with Crippen molar-refractivity contribution in [3.05, 3.63) is 30.1 Å². The molecule has 1 unspecified atom stereocenters. The maximum Gasteiger partial charge on any atom is 0.243 e. The minimum atomic E-state index is -3.53. The molecule has 6 heteroatoms. The van der Waals surface area contributed by atoms with Gasteiger partial charge in [-0.3, -0.25) is 0 Å². The number of rotatable bonds is 5. The first-order valence-corrected chi connectivity index (χ1v) is 8.44. The molecule has 4 nitrogen and oxygen atoms in total. The van der Waals surface area contributed by atoms with Crippen LogP contribution in [0, 0.1) is 11.7 Å². The molecule has 1 aliphatic rings. The standard InChI is InChI=1S/C14H21FN2O2S/c1-2-17(11-12-4-3-9-16-10-12)20(18,19)14-7-5-13(15)6-8-14/h5-8,12,16H,2-4,9-11H2,1H3. The smallest absolute Gasteiger partial charge is 0.243 e. The molecule has 0 aliphatic carbocycles. The Hall–Kier alpha value is -0.980. The van der Waals surface area contributed by atoms with Gasteiger partial charge in [-0.25, -0.2) is 12.8 Å². The molecule has 0 aromatic heterocycles.